The highest BCUT2D eigenvalue weighted by Crippen LogP contribution is 2.25. The Hall–Kier alpha value is -2.76. The maximum atomic E-state index is 13.5. The zero-order valence-electron chi connectivity index (χ0n) is 10.7. The fourth-order valence-corrected chi connectivity index (χ4v) is 1.68. The van der Waals surface area contributed by atoms with Crippen molar-refractivity contribution in [1.29, 1.82) is 0 Å². The molecular formula is C14H13FN2O3. The zero-order valence-corrected chi connectivity index (χ0v) is 10.7. The molecule has 104 valence electrons. The fraction of sp³-hybridized carbons (Fsp3) is 0.0714. The molecule has 0 saturated heterocycles. The molecule has 0 fully saturated rings. The lowest BCUT2D eigenvalue weighted by molar-refractivity contribution is 0.102. The first-order chi connectivity index (χ1) is 9.51. The third-order valence-corrected chi connectivity index (χ3v) is 2.69. The van der Waals surface area contributed by atoms with Gasteiger partial charge in [-0.15, -0.1) is 0 Å². The third-order valence-electron chi connectivity index (χ3n) is 2.69. The van der Waals surface area contributed by atoms with Crippen molar-refractivity contribution in [3.05, 3.63) is 47.8 Å². The lowest BCUT2D eigenvalue weighted by Gasteiger charge is -2.09. The lowest BCUT2D eigenvalue weighted by atomic mass is 10.2. The fourth-order valence-electron chi connectivity index (χ4n) is 1.68. The highest BCUT2D eigenvalue weighted by molar-refractivity contribution is 6.04. The number of hydrogen-bond acceptors (Lipinski definition) is 4. The molecule has 2 aromatic rings. The summed E-state index contributed by atoms with van der Waals surface area (Å²) in [4.78, 5) is 11.9. The molecule has 4 N–H and O–H groups in total. The van der Waals surface area contributed by atoms with Crippen LogP contribution in [0.3, 0.4) is 0 Å². The van der Waals surface area contributed by atoms with E-state index < -0.39 is 11.7 Å². The van der Waals surface area contributed by atoms with Crippen LogP contribution < -0.4 is 15.8 Å². The number of carbonyl (C=O) groups is 1. The van der Waals surface area contributed by atoms with Gasteiger partial charge in [-0.3, -0.25) is 4.79 Å². The summed E-state index contributed by atoms with van der Waals surface area (Å²) in [5.74, 6) is -1.26. The highest BCUT2D eigenvalue weighted by Gasteiger charge is 2.13. The van der Waals surface area contributed by atoms with Crippen molar-refractivity contribution < 1.29 is 19.0 Å². The topological polar surface area (TPSA) is 84.6 Å². The average molecular weight is 276 g/mol. The second-order valence-electron chi connectivity index (χ2n) is 4.08. The first-order valence-corrected chi connectivity index (χ1v) is 5.74. The molecule has 0 aliphatic carbocycles. The summed E-state index contributed by atoms with van der Waals surface area (Å²) in [6.07, 6.45) is 0. The molecule has 20 heavy (non-hydrogen) atoms. The maximum Gasteiger partial charge on any atom is 0.258 e. The number of nitrogen functional groups attached to an aromatic ring is 1. The molecule has 0 bridgehead atoms. The maximum absolute atomic E-state index is 13.5. The van der Waals surface area contributed by atoms with Gasteiger partial charge in [0.2, 0.25) is 0 Å². The molecule has 0 aromatic heterocycles. The quantitative estimate of drug-likeness (QED) is 0.751. The molecule has 0 aliphatic heterocycles. The van der Waals surface area contributed by atoms with Crippen LogP contribution in [-0.2, 0) is 0 Å². The first-order valence-electron chi connectivity index (χ1n) is 5.74. The van der Waals surface area contributed by atoms with Crippen LogP contribution in [0.1, 0.15) is 10.4 Å². The monoisotopic (exact) mass is 276 g/mol. The predicted molar refractivity (Wildman–Crippen MR) is 73.4 cm³/mol. The number of nitrogens with two attached hydrogens (primary N) is 1. The zero-order chi connectivity index (χ0) is 14.7. The van der Waals surface area contributed by atoms with E-state index in [1.54, 1.807) is 12.1 Å². The molecule has 0 spiro atoms. The van der Waals surface area contributed by atoms with Gasteiger partial charge < -0.3 is 20.9 Å². The largest absolute Gasteiger partial charge is 0.508 e. The second kappa shape index (κ2) is 5.48. The molecule has 0 aliphatic rings. The molecule has 0 heterocycles. The van der Waals surface area contributed by atoms with Crippen LogP contribution >= 0.6 is 0 Å². The number of phenols is 1. The van der Waals surface area contributed by atoms with Gasteiger partial charge in [0, 0.05) is 17.8 Å². The van der Waals surface area contributed by atoms with Crippen molar-refractivity contribution in [2.45, 2.75) is 0 Å². The minimum Gasteiger partial charge on any atom is -0.508 e. The summed E-state index contributed by atoms with van der Waals surface area (Å²) in [7, 11) is 1.46. The first kappa shape index (κ1) is 13.7. The van der Waals surface area contributed by atoms with E-state index >= 15 is 0 Å². The van der Waals surface area contributed by atoms with Crippen LogP contribution in [-0.4, -0.2) is 18.1 Å². The van der Waals surface area contributed by atoms with Crippen LogP contribution in [0, 0.1) is 5.82 Å². The number of rotatable bonds is 3. The van der Waals surface area contributed by atoms with Crippen LogP contribution in [0.15, 0.2) is 36.4 Å². The SMILES string of the molecule is COc1cc(NC(=O)c2ccc(O)cc2F)ccc1N. The molecule has 2 aromatic carbocycles. The van der Waals surface area contributed by atoms with Crippen LogP contribution in [0.2, 0.25) is 0 Å². The van der Waals surface area contributed by atoms with E-state index in [4.69, 9.17) is 15.6 Å². The molecule has 0 saturated carbocycles. The normalized spacial score (nSPS) is 10.1. The Bertz CT molecular complexity index is 659. The summed E-state index contributed by atoms with van der Waals surface area (Å²) in [5, 5.41) is 11.6. The highest BCUT2D eigenvalue weighted by atomic mass is 19.1. The Morgan fingerprint density at radius 1 is 1.30 bits per heavy atom. The second-order valence-corrected chi connectivity index (χ2v) is 4.08. The number of anilines is 2. The van der Waals surface area contributed by atoms with E-state index in [1.807, 2.05) is 0 Å². The number of halogens is 1. The van der Waals surface area contributed by atoms with Crippen molar-refractivity contribution in [2.75, 3.05) is 18.2 Å². The van der Waals surface area contributed by atoms with Gasteiger partial charge in [-0.2, -0.15) is 0 Å². The number of nitrogens with one attached hydrogen (secondary N) is 1. The van der Waals surface area contributed by atoms with E-state index in [1.165, 1.54) is 25.3 Å². The van der Waals surface area contributed by atoms with E-state index in [9.17, 15) is 9.18 Å². The number of benzene rings is 2. The van der Waals surface area contributed by atoms with Crippen LogP contribution in [0.25, 0.3) is 0 Å². The number of aromatic hydroxyl groups is 1. The molecule has 2 rings (SSSR count). The van der Waals surface area contributed by atoms with Gasteiger partial charge in [0.25, 0.3) is 5.91 Å². The van der Waals surface area contributed by atoms with Crippen molar-refractivity contribution in [3.63, 3.8) is 0 Å². The van der Waals surface area contributed by atoms with E-state index in [2.05, 4.69) is 5.32 Å². The van der Waals surface area contributed by atoms with Crippen LogP contribution in [0.5, 0.6) is 11.5 Å². The molecular weight excluding hydrogens is 263 g/mol. The third kappa shape index (κ3) is 2.80. The van der Waals surface area contributed by atoms with E-state index in [0.29, 0.717) is 17.1 Å². The van der Waals surface area contributed by atoms with Crippen molar-refractivity contribution in [2.24, 2.45) is 0 Å². The number of carbonyl (C=O) groups excluding carboxylic acids is 1. The standard InChI is InChI=1S/C14H13FN2O3/c1-20-13-6-8(2-5-12(13)16)17-14(19)10-4-3-9(18)7-11(10)15/h2-7,18H,16H2,1H3,(H,17,19). The Balaban J connectivity index is 2.23. The average Bonchev–Trinajstić information content (AvgIpc) is 2.40. The molecule has 0 radical (unpaired) electrons. The van der Waals surface area contributed by atoms with Gasteiger partial charge in [0.15, 0.2) is 0 Å². The number of hydrogen-bond donors (Lipinski definition) is 3. The van der Waals surface area contributed by atoms with E-state index in [-0.39, 0.29) is 11.3 Å². The summed E-state index contributed by atoms with van der Waals surface area (Å²) >= 11 is 0. The summed E-state index contributed by atoms with van der Waals surface area (Å²) in [5.41, 5.74) is 6.35. The Kier molecular flexibility index (Phi) is 3.74. The minimum absolute atomic E-state index is 0.168. The summed E-state index contributed by atoms with van der Waals surface area (Å²) < 4.78 is 18.6. The summed E-state index contributed by atoms with van der Waals surface area (Å²) in [6, 6.07) is 8.00. The number of ether oxygens (including phenoxy) is 1. The Labute approximate surface area is 114 Å². The number of phenolic OH excluding ortho intramolecular Hbond substituents is 1. The van der Waals surface area contributed by atoms with Gasteiger partial charge in [0.1, 0.15) is 17.3 Å². The van der Waals surface area contributed by atoms with Gasteiger partial charge in [-0.1, -0.05) is 0 Å². The molecule has 1 amide bonds. The Morgan fingerprint density at radius 3 is 2.70 bits per heavy atom. The number of amides is 1. The Morgan fingerprint density at radius 2 is 2.05 bits per heavy atom. The minimum atomic E-state index is -0.801. The van der Waals surface area contributed by atoms with E-state index in [0.717, 1.165) is 6.07 Å². The molecule has 6 heteroatoms. The molecule has 5 nitrogen and oxygen atoms in total. The summed E-state index contributed by atoms with van der Waals surface area (Å²) in [6.45, 7) is 0. The van der Waals surface area contributed by atoms with Crippen molar-refractivity contribution in [3.8, 4) is 11.5 Å². The van der Waals surface area contributed by atoms with Crippen LogP contribution in [0.4, 0.5) is 15.8 Å². The van der Waals surface area contributed by atoms with Gasteiger partial charge in [-0.25, -0.2) is 4.39 Å². The molecule has 0 unspecified atom stereocenters. The number of methoxy groups -OCH3 is 1. The smallest absolute Gasteiger partial charge is 0.258 e. The van der Waals surface area contributed by atoms with Gasteiger partial charge in [0.05, 0.1) is 18.4 Å². The van der Waals surface area contributed by atoms with Gasteiger partial charge >= 0.3 is 0 Å². The predicted octanol–water partition coefficient (Wildman–Crippen LogP) is 2.37. The van der Waals surface area contributed by atoms with Crippen molar-refractivity contribution >= 4 is 17.3 Å². The van der Waals surface area contributed by atoms with Gasteiger partial charge in [-0.05, 0) is 24.3 Å². The lowest BCUT2D eigenvalue weighted by Crippen LogP contribution is -2.13. The molecule has 0 atom stereocenters. The van der Waals surface area contributed by atoms with Crippen molar-refractivity contribution in [1.82, 2.24) is 0 Å².